The molecule has 0 bridgehead atoms. The van der Waals surface area contributed by atoms with Crippen LogP contribution in [0.15, 0.2) is 30.3 Å². The van der Waals surface area contributed by atoms with Crippen molar-refractivity contribution in [3.63, 3.8) is 0 Å². The summed E-state index contributed by atoms with van der Waals surface area (Å²) in [5.41, 5.74) is 2.63. The van der Waals surface area contributed by atoms with Gasteiger partial charge < -0.3 is 9.80 Å². The van der Waals surface area contributed by atoms with Gasteiger partial charge in [0.2, 0.25) is 11.8 Å². The first-order valence-electron chi connectivity index (χ1n) is 11.3. The van der Waals surface area contributed by atoms with E-state index >= 15 is 0 Å². The molecule has 2 rings (SSSR count). The molecule has 1 aromatic heterocycles. The lowest BCUT2D eigenvalue weighted by molar-refractivity contribution is -0.132. The van der Waals surface area contributed by atoms with Gasteiger partial charge in [0.1, 0.15) is 5.82 Å². The molecule has 0 spiro atoms. The minimum Gasteiger partial charge on any atom is -0.346 e. The molecule has 0 aliphatic carbocycles. The second kappa shape index (κ2) is 12.9. The maximum absolute atomic E-state index is 13.1. The Labute approximate surface area is 184 Å². The number of H-pyrrole nitrogens is 1. The highest BCUT2D eigenvalue weighted by atomic mass is 19.1. The topological polar surface area (TPSA) is 69.3 Å². The van der Waals surface area contributed by atoms with E-state index in [1.807, 2.05) is 18.0 Å². The molecule has 0 aliphatic rings. The number of carbonyl (C=O) groups is 2. The molecule has 7 heteroatoms. The Kier molecular flexibility index (Phi) is 10.2. The van der Waals surface area contributed by atoms with E-state index in [0.717, 1.165) is 55.7 Å². The molecule has 170 valence electrons. The largest absolute Gasteiger partial charge is 0.346 e. The average Bonchev–Trinajstić information content (AvgIpc) is 3.22. The summed E-state index contributed by atoms with van der Waals surface area (Å²) < 4.78 is 13.1. The van der Waals surface area contributed by atoms with Gasteiger partial charge in [-0.2, -0.15) is 5.10 Å². The van der Waals surface area contributed by atoms with Gasteiger partial charge in [-0.15, -0.1) is 0 Å². The Morgan fingerprint density at radius 3 is 2.26 bits per heavy atom. The summed E-state index contributed by atoms with van der Waals surface area (Å²) in [6.07, 6.45) is 4.91. The van der Waals surface area contributed by atoms with Crippen LogP contribution in [0, 0.1) is 5.82 Å². The standard InChI is InChI=1S/C24H35FN4O2/c1-4-15-29(16-5-2)24(31)10-6-9-23(30)28(3)17-7-8-21-18-22(27-26-21)19-11-13-20(25)14-12-19/h11-14,18H,4-10,15-17H2,1-3H3,(H,26,27). The van der Waals surface area contributed by atoms with Crippen LogP contribution < -0.4 is 0 Å². The van der Waals surface area contributed by atoms with Crippen LogP contribution in [-0.2, 0) is 16.0 Å². The molecule has 2 amide bonds. The summed E-state index contributed by atoms with van der Waals surface area (Å²) in [6, 6.07) is 8.21. The zero-order valence-corrected chi connectivity index (χ0v) is 19.0. The number of hydrogen-bond donors (Lipinski definition) is 1. The quantitative estimate of drug-likeness (QED) is 0.511. The number of halogens is 1. The van der Waals surface area contributed by atoms with Crippen molar-refractivity contribution < 1.29 is 14.0 Å². The van der Waals surface area contributed by atoms with Crippen LogP contribution in [0.3, 0.4) is 0 Å². The highest BCUT2D eigenvalue weighted by molar-refractivity contribution is 5.79. The Bertz CT molecular complexity index is 813. The summed E-state index contributed by atoms with van der Waals surface area (Å²) in [6.45, 7) is 6.37. The van der Waals surface area contributed by atoms with Crippen molar-refractivity contribution >= 4 is 11.8 Å². The number of aryl methyl sites for hydroxylation is 1. The van der Waals surface area contributed by atoms with Crippen LogP contribution in [0.4, 0.5) is 4.39 Å². The fourth-order valence-corrected chi connectivity index (χ4v) is 3.53. The van der Waals surface area contributed by atoms with E-state index in [1.165, 1.54) is 12.1 Å². The predicted molar refractivity (Wildman–Crippen MR) is 121 cm³/mol. The highest BCUT2D eigenvalue weighted by Gasteiger charge is 2.14. The van der Waals surface area contributed by atoms with Crippen LogP contribution in [0.25, 0.3) is 11.3 Å². The lowest BCUT2D eigenvalue weighted by Gasteiger charge is -2.22. The third-order valence-electron chi connectivity index (χ3n) is 5.26. The van der Waals surface area contributed by atoms with Crippen molar-refractivity contribution in [1.29, 1.82) is 0 Å². The first kappa shape index (κ1) is 24.6. The van der Waals surface area contributed by atoms with Crippen molar-refractivity contribution in [2.75, 3.05) is 26.7 Å². The third kappa shape index (κ3) is 8.15. The van der Waals surface area contributed by atoms with E-state index in [9.17, 15) is 14.0 Å². The number of aromatic amines is 1. The van der Waals surface area contributed by atoms with Gasteiger partial charge >= 0.3 is 0 Å². The van der Waals surface area contributed by atoms with Crippen molar-refractivity contribution in [3.8, 4) is 11.3 Å². The monoisotopic (exact) mass is 430 g/mol. The highest BCUT2D eigenvalue weighted by Crippen LogP contribution is 2.18. The number of nitrogens with one attached hydrogen (secondary N) is 1. The molecule has 1 heterocycles. The molecule has 0 saturated heterocycles. The summed E-state index contributed by atoms with van der Waals surface area (Å²) in [5, 5.41) is 7.29. The van der Waals surface area contributed by atoms with E-state index in [-0.39, 0.29) is 17.6 Å². The molecule has 31 heavy (non-hydrogen) atoms. The average molecular weight is 431 g/mol. The SMILES string of the molecule is CCCN(CCC)C(=O)CCCC(=O)N(C)CCCc1cc(-c2ccc(F)cc2)n[nH]1. The lowest BCUT2D eigenvalue weighted by Crippen LogP contribution is -2.33. The number of carbonyl (C=O) groups excluding carboxylic acids is 2. The summed E-state index contributed by atoms with van der Waals surface area (Å²) in [4.78, 5) is 28.3. The van der Waals surface area contributed by atoms with E-state index in [0.29, 0.717) is 25.8 Å². The molecule has 1 N–H and O–H groups in total. The molecule has 0 radical (unpaired) electrons. The molecule has 0 fully saturated rings. The minimum atomic E-state index is -0.268. The fourth-order valence-electron chi connectivity index (χ4n) is 3.53. The van der Waals surface area contributed by atoms with Gasteiger partial charge in [0.15, 0.2) is 0 Å². The zero-order valence-electron chi connectivity index (χ0n) is 19.0. The Hall–Kier alpha value is -2.70. The first-order valence-corrected chi connectivity index (χ1v) is 11.3. The predicted octanol–water partition coefficient (Wildman–Crippen LogP) is 4.43. The summed E-state index contributed by atoms with van der Waals surface area (Å²) in [5.74, 6) is -0.0480. The van der Waals surface area contributed by atoms with E-state index < -0.39 is 0 Å². The van der Waals surface area contributed by atoms with Gasteiger partial charge in [-0.3, -0.25) is 14.7 Å². The molecule has 1 aromatic carbocycles. The van der Waals surface area contributed by atoms with Gasteiger partial charge in [-0.05, 0) is 62.4 Å². The Morgan fingerprint density at radius 2 is 1.61 bits per heavy atom. The summed E-state index contributed by atoms with van der Waals surface area (Å²) >= 11 is 0. The fraction of sp³-hybridized carbons (Fsp3) is 0.542. The van der Waals surface area contributed by atoms with Gasteiger partial charge in [-0.1, -0.05) is 13.8 Å². The molecular weight excluding hydrogens is 395 g/mol. The number of aromatic nitrogens is 2. The smallest absolute Gasteiger partial charge is 0.222 e. The minimum absolute atomic E-state index is 0.0712. The number of rotatable bonds is 13. The first-order chi connectivity index (χ1) is 14.9. The van der Waals surface area contributed by atoms with E-state index in [2.05, 4.69) is 24.0 Å². The van der Waals surface area contributed by atoms with Crippen LogP contribution >= 0.6 is 0 Å². The van der Waals surface area contributed by atoms with Gasteiger partial charge in [0.25, 0.3) is 0 Å². The van der Waals surface area contributed by atoms with Crippen molar-refractivity contribution in [3.05, 3.63) is 41.8 Å². The molecular formula is C24H35FN4O2. The Balaban J connectivity index is 1.69. The molecule has 0 unspecified atom stereocenters. The van der Waals surface area contributed by atoms with E-state index in [1.54, 1.807) is 17.0 Å². The van der Waals surface area contributed by atoms with Crippen LogP contribution in [0.1, 0.15) is 58.1 Å². The maximum Gasteiger partial charge on any atom is 0.222 e. The second-order valence-corrected chi connectivity index (χ2v) is 7.94. The zero-order chi connectivity index (χ0) is 22.6. The number of benzene rings is 1. The third-order valence-corrected chi connectivity index (χ3v) is 5.26. The molecule has 0 saturated carbocycles. The molecule has 2 aromatic rings. The van der Waals surface area contributed by atoms with Gasteiger partial charge in [0, 0.05) is 50.8 Å². The molecule has 6 nitrogen and oxygen atoms in total. The number of hydrogen-bond acceptors (Lipinski definition) is 3. The van der Waals surface area contributed by atoms with Gasteiger partial charge in [0.05, 0.1) is 5.69 Å². The van der Waals surface area contributed by atoms with Crippen LogP contribution in [0.5, 0.6) is 0 Å². The Morgan fingerprint density at radius 1 is 0.968 bits per heavy atom. The van der Waals surface area contributed by atoms with Crippen molar-refractivity contribution in [1.82, 2.24) is 20.0 Å². The normalized spacial score (nSPS) is 10.8. The van der Waals surface area contributed by atoms with Crippen molar-refractivity contribution in [2.45, 2.75) is 58.8 Å². The van der Waals surface area contributed by atoms with Crippen LogP contribution in [0.2, 0.25) is 0 Å². The van der Waals surface area contributed by atoms with Crippen molar-refractivity contribution in [2.24, 2.45) is 0 Å². The lowest BCUT2D eigenvalue weighted by atomic mass is 10.1. The maximum atomic E-state index is 13.1. The molecule has 0 atom stereocenters. The van der Waals surface area contributed by atoms with E-state index in [4.69, 9.17) is 0 Å². The molecule has 0 aliphatic heterocycles. The van der Waals surface area contributed by atoms with Crippen LogP contribution in [-0.4, -0.2) is 58.5 Å². The number of nitrogens with zero attached hydrogens (tertiary/aromatic N) is 3. The number of amides is 2. The van der Waals surface area contributed by atoms with Gasteiger partial charge in [-0.25, -0.2) is 4.39 Å². The summed E-state index contributed by atoms with van der Waals surface area (Å²) in [7, 11) is 1.81. The second-order valence-electron chi connectivity index (χ2n) is 7.94.